The lowest BCUT2D eigenvalue weighted by molar-refractivity contribution is 0.0295. The Morgan fingerprint density at radius 3 is 2.92 bits per heavy atom. The second-order valence-electron chi connectivity index (χ2n) is 3.85. The average molecular weight is 183 g/mol. The summed E-state index contributed by atoms with van der Waals surface area (Å²) < 4.78 is 0. The summed E-state index contributed by atoms with van der Waals surface area (Å²) in [4.78, 5) is 2.42. The molecule has 76 valence electrons. The zero-order chi connectivity index (χ0) is 9.68. The molecule has 0 spiro atoms. The number of hydrogen-bond acceptors (Lipinski definition) is 2. The van der Waals surface area contributed by atoms with Crippen molar-refractivity contribution in [2.45, 2.75) is 32.8 Å². The van der Waals surface area contributed by atoms with Crippen LogP contribution in [0, 0.1) is 5.92 Å². The maximum absolute atomic E-state index is 9.67. The Hall–Kier alpha value is -0.340. The number of allylic oxidation sites excluding steroid dienone is 1. The summed E-state index contributed by atoms with van der Waals surface area (Å²) in [5.74, 6) is 0.485. The molecule has 1 aliphatic heterocycles. The van der Waals surface area contributed by atoms with Crippen LogP contribution in [-0.4, -0.2) is 35.7 Å². The lowest BCUT2D eigenvalue weighted by Crippen LogP contribution is -2.42. The molecule has 2 heteroatoms. The zero-order valence-electron chi connectivity index (χ0n) is 8.74. The van der Waals surface area contributed by atoms with E-state index in [-0.39, 0.29) is 6.10 Å². The van der Waals surface area contributed by atoms with Crippen molar-refractivity contribution in [1.29, 1.82) is 0 Å². The molecule has 0 aromatic heterocycles. The fourth-order valence-electron chi connectivity index (χ4n) is 1.92. The van der Waals surface area contributed by atoms with Crippen LogP contribution in [0.15, 0.2) is 12.2 Å². The van der Waals surface area contributed by atoms with Crippen LogP contribution in [0.3, 0.4) is 0 Å². The molecule has 1 N–H and O–H groups in total. The summed E-state index contributed by atoms with van der Waals surface area (Å²) in [5.41, 5.74) is 0. The zero-order valence-corrected chi connectivity index (χ0v) is 8.74. The number of nitrogens with zero attached hydrogens (tertiary/aromatic N) is 1. The maximum Gasteiger partial charge on any atom is 0.0592 e. The second kappa shape index (κ2) is 5.40. The summed E-state index contributed by atoms with van der Waals surface area (Å²) in [5, 5.41) is 9.67. The van der Waals surface area contributed by atoms with Crippen LogP contribution < -0.4 is 0 Å². The van der Waals surface area contributed by atoms with E-state index in [4.69, 9.17) is 0 Å². The van der Waals surface area contributed by atoms with Gasteiger partial charge < -0.3 is 5.11 Å². The molecule has 0 radical (unpaired) electrons. The van der Waals surface area contributed by atoms with Crippen molar-refractivity contribution in [3.8, 4) is 0 Å². The van der Waals surface area contributed by atoms with Gasteiger partial charge in [-0.05, 0) is 25.7 Å². The largest absolute Gasteiger partial charge is 0.393 e. The van der Waals surface area contributed by atoms with Gasteiger partial charge in [-0.1, -0.05) is 19.1 Å². The Morgan fingerprint density at radius 1 is 1.54 bits per heavy atom. The summed E-state index contributed by atoms with van der Waals surface area (Å²) in [7, 11) is 0. The Kier molecular flexibility index (Phi) is 4.46. The van der Waals surface area contributed by atoms with Gasteiger partial charge in [0.05, 0.1) is 6.10 Å². The second-order valence-corrected chi connectivity index (χ2v) is 3.85. The molecule has 0 aromatic carbocycles. The minimum Gasteiger partial charge on any atom is -0.393 e. The van der Waals surface area contributed by atoms with Gasteiger partial charge in [0.1, 0.15) is 0 Å². The third-order valence-corrected chi connectivity index (χ3v) is 2.90. The first-order chi connectivity index (χ1) is 6.27. The molecule has 0 saturated carbocycles. The molecule has 1 heterocycles. The Labute approximate surface area is 81.2 Å². The number of hydrogen-bond donors (Lipinski definition) is 1. The predicted octanol–water partition coefficient (Wildman–Crippen LogP) is 1.66. The van der Waals surface area contributed by atoms with Gasteiger partial charge >= 0.3 is 0 Å². The molecule has 2 atom stereocenters. The normalized spacial score (nSPS) is 31.3. The Balaban J connectivity index is 2.35. The van der Waals surface area contributed by atoms with E-state index in [0.717, 1.165) is 32.5 Å². The first-order valence-corrected chi connectivity index (χ1v) is 5.29. The van der Waals surface area contributed by atoms with Gasteiger partial charge in [0.2, 0.25) is 0 Å². The number of aliphatic hydroxyl groups excluding tert-OH is 1. The van der Waals surface area contributed by atoms with E-state index in [9.17, 15) is 5.11 Å². The topological polar surface area (TPSA) is 23.5 Å². The molecule has 13 heavy (non-hydrogen) atoms. The van der Waals surface area contributed by atoms with Crippen molar-refractivity contribution < 1.29 is 5.11 Å². The number of piperidine rings is 1. The van der Waals surface area contributed by atoms with E-state index in [1.54, 1.807) is 0 Å². The smallest absolute Gasteiger partial charge is 0.0592 e. The number of likely N-dealkylation sites (tertiary alicyclic amines) is 1. The van der Waals surface area contributed by atoms with Crippen LogP contribution >= 0.6 is 0 Å². The fourth-order valence-corrected chi connectivity index (χ4v) is 1.92. The fraction of sp³-hybridized carbons (Fsp3) is 0.818. The van der Waals surface area contributed by atoms with Crippen molar-refractivity contribution in [1.82, 2.24) is 4.90 Å². The highest BCUT2D eigenvalue weighted by Crippen LogP contribution is 2.19. The molecule has 2 nitrogen and oxygen atoms in total. The molecule has 1 rings (SSSR count). The molecule has 0 aliphatic carbocycles. The Morgan fingerprint density at radius 2 is 2.31 bits per heavy atom. The van der Waals surface area contributed by atoms with E-state index >= 15 is 0 Å². The monoisotopic (exact) mass is 183 g/mol. The van der Waals surface area contributed by atoms with Crippen LogP contribution in [0.5, 0.6) is 0 Å². The van der Waals surface area contributed by atoms with Crippen LogP contribution in [0.1, 0.15) is 26.7 Å². The number of rotatable bonds is 3. The van der Waals surface area contributed by atoms with Crippen molar-refractivity contribution in [3.63, 3.8) is 0 Å². The van der Waals surface area contributed by atoms with Crippen molar-refractivity contribution in [2.24, 2.45) is 5.92 Å². The van der Waals surface area contributed by atoms with E-state index in [0.29, 0.717) is 5.92 Å². The predicted molar refractivity (Wildman–Crippen MR) is 55.7 cm³/mol. The third-order valence-electron chi connectivity index (χ3n) is 2.90. The van der Waals surface area contributed by atoms with Crippen LogP contribution in [0.4, 0.5) is 0 Å². The van der Waals surface area contributed by atoms with Gasteiger partial charge in [-0.15, -0.1) is 0 Å². The third kappa shape index (κ3) is 3.12. The minimum absolute atomic E-state index is 0.0631. The van der Waals surface area contributed by atoms with Gasteiger partial charge in [-0.25, -0.2) is 0 Å². The molecule has 0 bridgehead atoms. The van der Waals surface area contributed by atoms with Gasteiger partial charge in [0.25, 0.3) is 0 Å². The summed E-state index contributed by atoms with van der Waals surface area (Å²) in [6.07, 6.45) is 6.24. The van der Waals surface area contributed by atoms with Crippen LogP contribution in [0.25, 0.3) is 0 Å². The Bertz CT molecular complexity index is 167. The molecule has 1 aliphatic rings. The SMILES string of the molecule is C/C=C/CN1CCC(O)C(CC)C1. The molecular formula is C11H21NO. The van der Waals surface area contributed by atoms with Crippen LogP contribution in [-0.2, 0) is 0 Å². The highest BCUT2D eigenvalue weighted by molar-refractivity contribution is 4.86. The van der Waals surface area contributed by atoms with E-state index in [1.807, 2.05) is 0 Å². The summed E-state index contributed by atoms with van der Waals surface area (Å²) in [6, 6.07) is 0. The lowest BCUT2D eigenvalue weighted by Gasteiger charge is -2.35. The summed E-state index contributed by atoms with van der Waals surface area (Å²) >= 11 is 0. The van der Waals surface area contributed by atoms with Crippen molar-refractivity contribution in [3.05, 3.63) is 12.2 Å². The molecular weight excluding hydrogens is 162 g/mol. The van der Waals surface area contributed by atoms with Gasteiger partial charge in [-0.3, -0.25) is 4.90 Å². The quantitative estimate of drug-likeness (QED) is 0.673. The van der Waals surface area contributed by atoms with Crippen molar-refractivity contribution in [2.75, 3.05) is 19.6 Å². The van der Waals surface area contributed by atoms with Gasteiger partial charge in [0, 0.05) is 19.6 Å². The molecule has 2 unspecified atom stereocenters. The standard InChI is InChI=1S/C11H21NO/c1-3-5-7-12-8-6-11(13)10(4-2)9-12/h3,5,10-11,13H,4,6-9H2,1-2H3/b5-3+. The van der Waals surface area contributed by atoms with E-state index in [1.165, 1.54) is 0 Å². The van der Waals surface area contributed by atoms with Gasteiger partial charge in [0.15, 0.2) is 0 Å². The van der Waals surface area contributed by atoms with Crippen LogP contribution in [0.2, 0.25) is 0 Å². The molecule has 0 aromatic rings. The highest BCUT2D eigenvalue weighted by atomic mass is 16.3. The molecule has 1 saturated heterocycles. The van der Waals surface area contributed by atoms with Gasteiger partial charge in [-0.2, -0.15) is 0 Å². The molecule has 0 amide bonds. The summed E-state index contributed by atoms with van der Waals surface area (Å²) in [6.45, 7) is 7.35. The average Bonchev–Trinajstić information content (AvgIpc) is 2.16. The maximum atomic E-state index is 9.67. The molecule has 1 fully saturated rings. The first kappa shape index (κ1) is 10.7. The van der Waals surface area contributed by atoms with E-state index < -0.39 is 0 Å². The first-order valence-electron chi connectivity index (χ1n) is 5.29. The number of aliphatic hydroxyl groups is 1. The minimum atomic E-state index is -0.0631. The highest BCUT2D eigenvalue weighted by Gasteiger charge is 2.25. The van der Waals surface area contributed by atoms with E-state index in [2.05, 4.69) is 30.9 Å². The van der Waals surface area contributed by atoms with Crippen molar-refractivity contribution >= 4 is 0 Å². The lowest BCUT2D eigenvalue weighted by atomic mass is 9.92.